The molecule has 5 rings (SSSR count). The predicted molar refractivity (Wildman–Crippen MR) is 132 cm³/mol. The Morgan fingerprint density at radius 2 is 1.89 bits per heavy atom. The third-order valence-corrected chi connectivity index (χ3v) is 5.26. The molecule has 0 atom stereocenters. The van der Waals surface area contributed by atoms with E-state index in [4.69, 9.17) is 21.3 Å². The van der Waals surface area contributed by atoms with Gasteiger partial charge in [0.15, 0.2) is 0 Å². The van der Waals surface area contributed by atoms with Crippen LogP contribution in [0.15, 0.2) is 67.3 Å². The average Bonchev–Trinajstić information content (AvgIpc) is 2.86. The number of aromatic nitrogens is 6. The molecule has 0 saturated carbocycles. The first-order valence-corrected chi connectivity index (χ1v) is 10.5. The average molecular weight is 464 g/mol. The number of rotatable bonds is 6. The van der Waals surface area contributed by atoms with Crippen molar-refractivity contribution in [2.24, 2.45) is 0 Å². The Morgan fingerprint density at radius 1 is 1.00 bits per heavy atom. The van der Waals surface area contributed by atoms with Crippen LogP contribution in [0.4, 0.5) is 17.3 Å². The van der Waals surface area contributed by atoms with Gasteiger partial charge in [-0.05, 0) is 55.0 Å². The van der Waals surface area contributed by atoms with Crippen molar-refractivity contribution in [1.82, 2.24) is 29.7 Å². The number of anilines is 3. The molecule has 0 aliphatic heterocycles. The van der Waals surface area contributed by atoms with Crippen LogP contribution in [0.5, 0.6) is 11.6 Å². The second-order valence-electron chi connectivity index (χ2n) is 7.65. The first-order valence-electron chi connectivity index (χ1n) is 10.5. The van der Waals surface area contributed by atoms with Gasteiger partial charge in [0.05, 0.1) is 17.5 Å². The summed E-state index contributed by atoms with van der Waals surface area (Å²) in [6.07, 6.45) is 3.88. The van der Waals surface area contributed by atoms with Crippen molar-refractivity contribution in [3.8, 4) is 22.9 Å². The fraction of sp³-hybridized carbons (Fsp3) is 0.0417. The van der Waals surface area contributed by atoms with Crippen LogP contribution in [0, 0.1) is 17.7 Å². The van der Waals surface area contributed by atoms with Crippen LogP contribution in [0.1, 0.15) is 5.56 Å². The third-order valence-electron chi connectivity index (χ3n) is 5.26. The Kier molecular flexibility index (Phi) is 5.55. The predicted octanol–water partition coefficient (Wildman–Crippen LogP) is 3.64. The zero-order valence-electron chi connectivity index (χ0n) is 18.6. The highest BCUT2D eigenvalue weighted by atomic mass is 16.5. The maximum atomic E-state index is 7.89. The summed E-state index contributed by atoms with van der Waals surface area (Å²) in [5.41, 5.74) is 9.79. The topological polar surface area (TPSA) is 164 Å². The normalized spacial score (nSPS) is 10.8. The Morgan fingerprint density at radius 3 is 2.63 bits per heavy atom. The van der Waals surface area contributed by atoms with E-state index in [2.05, 4.69) is 30.5 Å². The van der Waals surface area contributed by atoms with Crippen LogP contribution in [0.3, 0.4) is 0 Å². The van der Waals surface area contributed by atoms with Crippen LogP contribution in [0.25, 0.3) is 22.2 Å². The van der Waals surface area contributed by atoms with E-state index < -0.39 is 0 Å². The summed E-state index contributed by atoms with van der Waals surface area (Å²) in [4.78, 5) is 12.9. The van der Waals surface area contributed by atoms with Crippen LogP contribution in [0.2, 0.25) is 0 Å². The molecule has 11 nitrogen and oxygen atoms in total. The molecule has 3 aromatic heterocycles. The lowest BCUT2D eigenvalue weighted by molar-refractivity contribution is 0.455. The zero-order chi connectivity index (χ0) is 24.4. The van der Waals surface area contributed by atoms with Crippen molar-refractivity contribution in [2.45, 2.75) is 6.92 Å². The molecule has 0 fully saturated rings. The van der Waals surface area contributed by atoms with E-state index in [1.165, 1.54) is 23.3 Å². The molecule has 0 bridgehead atoms. The molecular formula is C24H20N10O. The van der Waals surface area contributed by atoms with Gasteiger partial charge >= 0.3 is 0 Å². The van der Waals surface area contributed by atoms with Gasteiger partial charge in [0.2, 0.25) is 5.88 Å². The lowest BCUT2D eigenvalue weighted by atomic mass is 10.1. The van der Waals surface area contributed by atoms with Crippen LogP contribution < -0.4 is 21.3 Å². The molecule has 0 radical (unpaired) electrons. The Bertz CT molecular complexity index is 1610. The summed E-state index contributed by atoms with van der Waals surface area (Å²) in [6.45, 7) is 1.92. The summed E-state index contributed by atoms with van der Waals surface area (Å²) in [5, 5.41) is 27.4. The minimum atomic E-state index is 0.0981. The van der Waals surface area contributed by atoms with Gasteiger partial charge in [-0.3, -0.25) is 15.4 Å². The lowest BCUT2D eigenvalue weighted by Gasteiger charge is -2.13. The SMILES string of the molecule is Cc1cc(Nc2ncnc3ccc(-c4ccc(N)nn4)cc23)ccc1Oc1cc(=N)n(C=N)cn1. The van der Waals surface area contributed by atoms with Crippen molar-refractivity contribution >= 4 is 34.6 Å². The number of nitrogen functional groups attached to an aromatic ring is 1. The summed E-state index contributed by atoms with van der Waals surface area (Å²) in [6, 6.07) is 16.4. The molecule has 5 aromatic rings. The summed E-state index contributed by atoms with van der Waals surface area (Å²) in [7, 11) is 0. The lowest BCUT2D eigenvalue weighted by Crippen LogP contribution is -2.18. The molecule has 0 amide bonds. The van der Waals surface area contributed by atoms with Crippen molar-refractivity contribution in [3.63, 3.8) is 0 Å². The minimum absolute atomic E-state index is 0.0981. The number of hydrogen-bond acceptors (Lipinski definition) is 10. The van der Waals surface area contributed by atoms with Crippen molar-refractivity contribution < 1.29 is 4.74 Å². The highest BCUT2D eigenvalue weighted by molar-refractivity contribution is 5.93. The molecule has 2 aromatic carbocycles. The molecule has 35 heavy (non-hydrogen) atoms. The third kappa shape index (κ3) is 4.50. The summed E-state index contributed by atoms with van der Waals surface area (Å²) in [5.74, 6) is 1.89. The van der Waals surface area contributed by atoms with E-state index in [0.29, 0.717) is 23.1 Å². The van der Waals surface area contributed by atoms with Gasteiger partial charge in [0, 0.05) is 22.7 Å². The fourth-order valence-corrected chi connectivity index (χ4v) is 3.47. The Balaban J connectivity index is 1.42. The fourth-order valence-electron chi connectivity index (χ4n) is 3.47. The number of nitrogens with two attached hydrogens (primary N) is 1. The number of ether oxygens (including phenoxy) is 1. The van der Waals surface area contributed by atoms with Gasteiger partial charge in [-0.1, -0.05) is 6.07 Å². The van der Waals surface area contributed by atoms with Gasteiger partial charge in [-0.2, -0.15) is 0 Å². The summed E-state index contributed by atoms with van der Waals surface area (Å²) >= 11 is 0. The number of nitrogens with one attached hydrogen (secondary N) is 3. The molecule has 0 aliphatic carbocycles. The second-order valence-corrected chi connectivity index (χ2v) is 7.65. The molecule has 11 heteroatoms. The molecule has 0 saturated heterocycles. The van der Waals surface area contributed by atoms with Gasteiger partial charge < -0.3 is 15.8 Å². The first kappa shape index (κ1) is 21.6. The van der Waals surface area contributed by atoms with Crippen LogP contribution >= 0.6 is 0 Å². The van der Waals surface area contributed by atoms with E-state index in [-0.39, 0.29) is 11.4 Å². The number of hydrogen-bond donors (Lipinski definition) is 4. The molecule has 0 unspecified atom stereocenters. The molecule has 3 heterocycles. The largest absolute Gasteiger partial charge is 0.439 e. The van der Waals surface area contributed by atoms with E-state index in [1.54, 1.807) is 6.07 Å². The standard InChI is InChI=1S/C24H20N10O/c1-14-8-16(3-6-20(14)35-23-10-22(27)34(11-25)13-30-23)31-24-17-9-15(2-4-19(17)28-12-29-24)18-5-7-21(26)33-32-18/h2-13,25,27H,1H3,(H2,26,33)(H,28,29,31). The van der Waals surface area contributed by atoms with Gasteiger partial charge in [0.1, 0.15) is 35.5 Å². The monoisotopic (exact) mass is 464 g/mol. The smallest absolute Gasteiger partial charge is 0.224 e. The van der Waals surface area contributed by atoms with Crippen LogP contribution in [-0.2, 0) is 0 Å². The van der Waals surface area contributed by atoms with Crippen molar-refractivity contribution in [3.05, 3.63) is 78.3 Å². The van der Waals surface area contributed by atoms with E-state index in [0.717, 1.165) is 34.1 Å². The molecule has 0 spiro atoms. The van der Waals surface area contributed by atoms with Crippen molar-refractivity contribution in [2.75, 3.05) is 11.1 Å². The number of nitrogens with zero attached hydrogens (tertiary/aromatic N) is 6. The van der Waals surface area contributed by atoms with E-state index >= 15 is 0 Å². The van der Waals surface area contributed by atoms with E-state index in [9.17, 15) is 0 Å². The maximum Gasteiger partial charge on any atom is 0.224 e. The van der Waals surface area contributed by atoms with Gasteiger partial charge in [0.25, 0.3) is 0 Å². The Hall–Kier alpha value is -5.19. The molecule has 172 valence electrons. The maximum absolute atomic E-state index is 7.89. The molecular weight excluding hydrogens is 444 g/mol. The second kappa shape index (κ2) is 8.98. The molecule has 5 N–H and O–H groups in total. The van der Waals surface area contributed by atoms with Crippen LogP contribution in [-0.4, -0.2) is 36.1 Å². The highest BCUT2D eigenvalue weighted by Gasteiger charge is 2.10. The highest BCUT2D eigenvalue weighted by Crippen LogP contribution is 2.30. The first-order chi connectivity index (χ1) is 17.0. The molecule has 0 aliphatic rings. The number of fused-ring (bicyclic) bond motifs is 1. The van der Waals surface area contributed by atoms with Crippen molar-refractivity contribution in [1.29, 1.82) is 10.8 Å². The minimum Gasteiger partial charge on any atom is -0.439 e. The number of benzene rings is 2. The Labute approximate surface area is 199 Å². The zero-order valence-corrected chi connectivity index (χ0v) is 18.6. The van der Waals surface area contributed by atoms with Gasteiger partial charge in [-0.25, -0.2) is 15.0 Å². The van der Waals surface area contributed by atoms with E-state index in [1.807, 2.05) is 49.4 Å². The summed E-state index contributed by atoms with van der Waals surface area (Å²) < 4.78 is 7.11. The van der Waals surface area contributed by atoms with Gasteiger partial charge in [-0.15, -0.1) is 10.2 Å². The number of aryl methyl sites for hydroxylation is 1. The quantitative estimate of drug-likeness (QED) is 0.218.